The van der Waals surface area contributed by atoms with Gasteiger partial charge in [-0.15, -0.1) is 0 Å². The molecular weight excluding hydrogens is 216 g/mol. The van der Waals surface area contributed by atoms with Gasteiger partial charge in [0.1, 0.15) is 5.78 Å². The maximum atomic E-state index is 12.0. The molecule has 17 heavy (non-hydrogen) atoms. The van der Waals surface area contributed by atoms with E-state index in [9.17, 15) is 9.59 Å². The summed E-state index contributed by atoms with van der Waals surface area (Å²) in [6, 6.07) is 0.708. The number of piperidine rings is 3. The molecule has 2 bridgehead atoms. The Bertz CT molecular complexity index is 326. The van der Waals surface area contributed by atoms with Gasteiger partial charge in [-0.25, -0.2) is 0 Å². The van der Waals surface area contributed by atoms with Crippen molar-refractivity contribution in [3.05, 3.63) is 0 Å². The van der Waals surface area contributed by atoms with E-state index in [1.165, 1.54) is 6.42 Å². The smallest absolute Gasteiger partial charge is 0.237 e. The highest BCUT2D eigenvalue weighted by Gasteiger charge is 2.43. The summed E-state index contributed by atoms with van der Waals surface area (Å²) in [6.45, 7) is 0.817. The molecule has 3 saturated heterocycles. The zero-order chi connectivity index (χ0) is 11.8. The van der Waals surface area contributed by atoms with Crippen LogP contribution in [0.5, 0.6) is 0 Å². The number of Topliss-reactive ketones (excluding diaryl/α,β-unsaturated/α-hetero) is 1. The monoisotopic (exact) mass is 236 g/mol. The molecule has 4 nitrogen and oxygen atoms in total. The highest BCUT2D eigenvalue weighted by molar-refractivity contribution is 5.84. The Morgan fingerprint density at radius 3 is 2.35 bits per heavy atom. The lowest BCUT2D eigenvalue weighted by Gasteiger charge is -2.49. The van der Waals surface area contributed by atoms with E-state index in [1.807, 2.05) is 0 Å². The third-order valence-electron chi connectivity index (χ3n) is 4.46. The summed E-state index contributed by atoms with van der Waals surface area (Å²) in [5.74, 6) is 0.578. The fraction of sp³-hybridized carbons (Fsp3) is 0.846. The van der Waals surface area contributed by atoms with Crippen molar-refractivity contribution in [2.45, 2.75) is 63.1 Å². The average Bonchev–Trinajstić information content (AvgIpc) is 2.29. The topological polar surface area (TPSA) is 49.4 Å². The van der Waals surface area contributed by atoms with Crippen LogP contribution in [0.15, 0.2) is 0 Å². The second kappa shape index (κ2) is 4.41. The number of nitrogens with one attached hydrogen (secondary N) is 1. The van der Waals surface area contributed by atoms with Gasteiger partial charge in [0, 0.05) is 31.5 Å². The highest BCUT2D eigenvalue weighted by Crippen LogP contribution is 2.35. The van der Waals surface area contributed by atoms with E-state index < -0.39 is 0 Å². The lowest BCUT2D eigenvalue weighted by Crippen LogP contribution is -2.61. The van der Waals surface area contributed by atoms with E-state index in [2.05, 4.69) is 10.2 Å². The van der Waals surface area contributed by atoms with Crippen LogP contribution >= 0.6 is 0 Å². The minimum absolute atomic E-state index is 0.0344. The second-order valence-corrected chi connectivity index (χ2v) is 5.58. The molecule has 3 rings (SSSR count). The molecule has 0 radical (unpaired) electrons. The molecule has 3 heterocycles. The molecule has 0 saturated carbocycles. The first kappa shape index (κ1) is 11.2. The molecule has 3 fully saturated rings. The number of fused-ring (bicyclic) bond motifs is 2. The van der Waals surface area contributed by atoms with Crippen molar-refractivity contribution in [1.82, 2.24) is 10.2 Å². The van der Waals surface area contributed by atoms with E-state index in [-0.39, 0.29) is 11.9 Å². The Balaban J connectivity index is 1.81. The number of amides is 1. The van der Waals surface area contributed by atoms with Gasteiger partial charge in [0.2, 0.25) is 5.91 Å². The molecule has 3 aliphatic rings. The van der Waals surface area contributed by atoms with Crippen molar-refractivity contribution in [2.75, 3.05) is 6.54 Å². The molecule has 3 unspecified atom stereocenters. The first-order chi connectivity index (χ1) is 8.25. The van der Waals surface area contributed by atoms with Crippen molar-refractivity contribution in [2.24, 2.45) is 0 Å². The fourth-order valence-corrected chi connectivity index (χ4v) is 3.76. The van der Waals surface area contributed by atoms with Gasteiger partial charge in [-0.05, 0) is 25.7 Å². The van der Waals surface area contributed by atoms with Crippen LogP contribution in [-0.4, -0.2) is 41.3 Å². The van der Waals surface area contributed by atoms with Crippen molar-refractivity contribution < 1.29 is 9.59 Å². The van der Waals surface area contributed by atoms with Gasteiger partial charge in [-0.3, -0.25) is 14.5 Å². The molecule has 0 aromatic rings. The van der Waals surface area contributed by atoms with Crippen LogP contribution in [-0.2, 0) is 9.59 Å². The van der Waals surface area contributed by atoms with Gasteiger partial charge < -0.3 is 5.32 Å². The van der Waals surface area contributed by atoms with E-state index in [1.54, 1.807) is 0 Å². The molecule has 1 amide bonds. The quantitative estimate of drug-likeness (QED) is 0.734. The molecule has 1 N–H and O–H groups in total. The third-order valence-corrected chi connectivity index (χ3v) is 4.46. The van der Waals surface area contributed by atoms with Gasteiger partial charge >= 0.3 is 0 Å². The van der Waals surface area contributed by atoms with Crippen LogP contribution in [0.2, 0.25) is 0 Å². The van der Waals surface area contributed by atoms with Crippen molar-refractivity contribution in [1.29, 1.82) is 0 Å². The lowest BCUT2D eigenvalue weighted by atomic mass is 9.81. The average molecular weight is 236 g/mol. The zero-order valence-corrected chi connectivity index (χ0v) is 10.2. The van der Waals surface area contributed by atoms with Crippen LogP contribution < -0.4 is 5.32 Å². The predicted octanol–water partition coefficient (Wildman–Crippen LogP) is 0.851. The summed E-state index contributed by atoms with van der Waals surface area (Å²) in [4.78, 5) is 26.0. The minimum Gasteiger partial charge on any atom is -0.355 e. The van der Waals surface area contributed by atoms with Crippen LogP contribution in [0.4, 0.5) is 0 Å². The molecular formula is C13H20N2O2. The first-order valence-corrected chi connectivity index (χ1v) is 6.82. The van der Waals surface area contributed by atoms with Gasteiger partial charge in [0.15, 0.2) is 0 Å². The fourth-order valence-electron chi connectivity index (χ4n) is 3.76. The number of ketones is 1. The summed E-state index contributed by atoms with van der Waals surface area (Å²) >= 11 is 0. The summed E-state index contributed by atoms with van der Waals surface area (Å²) in [5.41, 5.74) is 0. The molecule has 94 valence electrons. The molecule has 3 aliphatic heterocycles. The SMILES string of the molecule is O=C1CC2CCCC(C1)N2C1CCCNC1=O. The van der Waals surface area contributed by atoms with E-state index in [0.717, 1.165) is 32.2 Å². The first-order valence-electron chi connectivity index (χ1n) is 6.82. The Kier molecular flexibility index (Phi) is 2.90. The number of hydrogen-bond acceptors (Lipinski definition) is 3. The number of carbonyl (C=O) groups is 2. The van der Waals surface area contributed by atoms with E-state index in [0.29, 0.717) is 30.7 Å². The van der Waals surface area contributed by atoms with Gasteiger partial charge in [0.25, 0.3) is 0 Å². The standard InChI is InChI=1S/C13H20N2O2/c16-11-7-9-3-1-4-10(8-11)15(9)12-5-2-6-14-13(12)17/h9-10,12H,1-8H2,(H,14,17). The van der Waals surface area contributed by atoms with Gasteiger partial charge in [0.05, 0.1) is 6.04 Å². The van der Waals surface area contributed by atoms with Crippen LogP contribution in [0.1, 0.15) is 44.9 Å². The summed E-state index contributed by atoms with van der Waals surface area (Å²) < 4.78 is 0. The molecule has 0 spiro atoms. The van der Waals surface area contributed by atoms with Crippen molar-refractivity contribution >= 4 is 11.7 Å². The summed E-state index contributed by atoms with van der Waals surface area (Å²) in [6.07, 6.45) is 6.76. The molecule has 0 aromatic heterocycles. The third kappa shape index (κ3) is 1.99. The van der Waals surface area contributed by atoms with Crippen molar-refractivity contribution in [3.63, 3.8) is 0 Å². The van der Waals surface area contributed by atoms with Crippen LogP contribution in [0.25, 0.3) is 0 Å². The Morgan fingerprint density at radius 2 is 1.71 bits per heavy atom. The number of hydrogen-bond donors (Lipinski definition) is 1. The summed E-state index contributed by atoms with van der Waals surface area (Å²) in [7, 11) is 0. The van der Waals surface area contributed by atoms with Gasteiger partial charge in [-0.1, -0.05) is 6.42 Å². The number of rotatable bonds is 1. The molecule has 0 aromatic carbocycles. The second-order valence-electron chi connectivity index (χ2n) is 5.58. The lowest BCUT2D eigenvalue weighted by molar-refractivity contribution is -0.139. The Morgan fingerprint density at radius 1 is 1.00 bits per heavy atom. The maximum Gasteiger partial charge on any atom is 0.237 e. The Labute approximate surface area is 102 Å². The normalized spacial score (nSPS) is 38.9. The van der Waals surface area contributed by atoms with E-state index in [4.69, 9.17) is 0 Å². The van der Waals surface area contributed by atoms with Crippen molar-refractivity contribution in [3.8, 4) is 0 Å². The van der Waals surface area contributed by atoms with E-state index >= 15 is 0 Å². The van der Waals surface area contributed by atoms with Gasteiger partial charge in [-0.2, -0.15) is 0 Å². The number of nitrogens with zero attached hydrogens (tertiary/aromatic N) is 1. The van der Waals surface area contributed by atoms with Crippen LogP contribution in [0, 0.1) is 0 Å². The van der Waals surface area contributed by atoms with Crippen LogP contribution in [0.3, 0.4) is 0 Å². The predicted molar refractivity (Wildman–Crippen MR) is 63.5 cm³/mol. The largest absolute Gasteiger partial charge is 0.355 e. The Hall–Kier alpha value is -0.900. The highest BCUT2D eigenvalue weighted by atomic mass is 16.2. The molecule has 0 aliphatic carbocycles. The molecule has 3 atom stereocenters. The minimum atomic E-state index is 0.0344. The summed E-state index contributed by atoms with van der Waals surface area (Å²) in [5, 5.41) is 2.96. The molecule has 4 heteroatoms. The maximum absolute atomic E-state index is 12.0. The number of carbonyl (C=O) groups excluding carboxylic acids is 2. The zero-order valence-electron chi connectivity index (χ0n) is 10.2.